The molecular formula is C24H38N2O5. The van der Waals surface area contributed by atoms with Crippen molar-refractivity contribution in [3.05, 3.63) is 29.8 Å². The highest BCUT2D eigenvalue weighted by Crippen LogP contribution is 2.25. The molecule has 1 N–H and O–H groups in total. The number of ether oxygens (including phenoxy) is 2. The highest BCUT2D eigenvalue weighted by Gasteiger charge is 2.29. The van der Waals surface area contributed by atoms with Crippen LogP contribution in [-0.4, -0.2) is 66.6 Å². The molecule has 2 aliphatic rings. The van der Waals surface area contributed by atoms with Crippen LogP contribution in [0.25, 0.3) is 0 Å². The smallest absolute Gasteiger partial charge is 0.410 e. The first-order valence-corrected chi connectivity index (χ1v) is 11.4. The van der Waals surface area contributed by atoms with Gasteiger partial charge in [0.25, 0.3) is 0 Å². The number of aromatic carboxylic acids is 1. The van der Waals surface area contributed by atoms with Gasteiger partial charge in [-0.05, 0) is 70.2 Å². The average molecular weight is 435 g/mol. The van der Waals surface area contributed by atoms with E-state index in [1.54, 1.807) is 17.0 Å². The number of carbonyl (C=O) groups is 2. The quantitative estimate of drug-likeness (QED) is 0.726. The molecule has 0 saturated carbocycles. The number of anilines is 1. The van der Waals surface area contributed by atoms with Gasteiger partial charge in [0.1, 0.15) is 5.60 Å². The predicted octanol–water partition coefficient (Wildman–Crippen LogP) is 4.65. The fraction of sp³-hybridized carbons (Fsp3) is 0.667. The van der Waals surface area contributed by atoms with E-state index in [1.807, 2.05) is 46.8 Å². The summed E-state index contributed by atoms with van der Waals surface area (Å²) in [6.45, 7) is 13.5. The normalized spacial score (nSPS) is 19.6. The van der Waals surface area contributed by atoms with E-state index in [4.69, 9.17) is 14.6 Å². The summed E-state index contributed by atoms with van der Waals surface area (Å²) >= 11 is 0. The molecule has 0 spiro atoms. The van der Waals surface area contributed by atoms with Gasteiger partial charge in [-0.15, -0.1) is 0 Å². The SMILES string of the molecule is CC.CC(C)(C)OC(=O)N1CCC(COC2CCN(c3ccc(C(=O)O)cc3)C2)CC1. The summed E-state index contributed by atoms with van der Waals surface area (Å²) in [5.74, 6) is -0.436. The Morgan fingerprint density at radius 3 is 2.19 bits per heavy atom. The Kier molecular flexibility index (Phi) is 9.16. The molecule has 2 saturated heterocycles. The molecular weight excluding hydrogens is 396 g/mol. The summed E-state index contributed by atoms with van der Waals surface area (Å²) in [5.41, 5.74) is 0.879. The van der Waals surface area contributed by atoms with Crippen LogP contribution >= 0.6 is 0 Å². The summed E-state index contributed by atoms with van der Waals surface area (Å²) in [6, 6.07) is 7.01. The molecule has 2 heterocycles. The fourth-order valence-electron chi connectivity index (χ4n) is 3.79. The van der Waals surface area contributed by atoms with Crippen molar-refractivity contribution in [2.45, 2.75) is 65.6 Å². The minimum absolute atomic E-state index is 0.193. The minimum atomic E-state index is -0.906. The average Bonchev–Trinajstić information content (AvgIpc) is 3.22. The van der Waals surface area contributed by atoms with E-state index in [-0.39, 0.29) is 12.2 Å². The van der Waals surface area contributed by atoms with Crippen molar-refractivity contribution in [1.29, 1.82) is 0 Å². The molecule has 2 fully saturated rings. The zero-order valence-corrected chi connectivity index (χ0v) is 19.6. The first-order chi connectivity index (χ1) is 14.7. The third kappa shape index (κ3) is 7.73. The Hall–Kier alpha value is -2.28. The van der Waals surface area contributed by atoms with Crippen molar-refractivity contribution in [2.75, 3.05) is 37.7 Å². The lowest BCUT2D eigenvalue weighted by Gasteiger charge is -2.33. The lowest BCUT2D eigenvalue weighted by molar-refractivity contribution is 0.00248. The molecule has 0 bridgehead atoms. The highest BCUT2D eigenvalue weighted by molar-refractivity contribution is 5.88. The number of amides is 1. The first kappa shape index (κ1) is 25.0. The second kappa shape index (κ2) is 11.4. The lowest BCUT2D eigenvalue weighted by atomic mass is 9.98. The van der Waals surface area contributed by atoms with E-state index in [2.05, 4.69) is 4.90 Å². The number of hydrogen-bond acceptors (Lipinski definition) is 5. The number of carboxylic acid groups (broad SMARTS) is 1. The Balaban J connectivity index is 0.00000166. The number of likely N-dealkylation sites (tertiary alicyclic amines) is 1. The van der Waals surface area contributed by atoms with Gasteiger partial charge in [0.05, 0.1) is 11.7 Å². The van der Waals surface area contributed by atoms with Crippen LogP contribution < -0.4 is 4.90 Å². The highest BCUT2D eigenvalue weighted by atomic mass is 16.6. The largest absolute Gasteiger partial charge is 0.478 e. The van der Waals surface area contributed by atoms with Gasteiger partial charge in [-0.2, -0.15) is 0 Å². The second-order valence-electron chi connectivity index (χ2n) is 8.95. The molecule has 7 heteroatoms. The fourth-order valence-corrected chi connectivity index (χ4v) is 3.79. The van der Waals surface area contributed by atoms with Gasteiger partial charge in [0.2, 0.25) is 0 Å². The molecule has 7 nitrogen and oxygen atoms in total. The molecule has 0 aliphatic carbocycles. The van der Waals surface area contributed by atoms with E-state index in [9.17, 15) is 9.59 Å². The van der Waals surface area contributed by atoms with Crippen molar-refractivity contribution in [1.82, 2.24) is 4.90 Å². The molecule has 1 aromatic rings. The summed E-state index contributed by atoms with van der Waals surface area (Å²) in [7, 11) is 0. The Labute approximate surface area is 186 Å². The van der Waals surface area contributed by atoms with Gasteiger partial charge in [-0.25, -0.2) is 9.59 Å². The summed E-state index contributed by atoms with van der Waals surface area (Å²) in [6.07, 6.45) is 2.81. The third-order valence-corrected chi connectivity index (χ3v) is 5.46. The number of benzene rings is 1. The number of nitrogens with zero attached hydrogens (tertiary/aromatic N) is 2. The molecule has 1 atom stereocenters. The van der Waals surface area contributed by atoms with Crippen molar-refractivity contribution in [3.63, 3.8) is 0 Å². The van der Waals surface area contributed by atoms with Gasteiger partial charge in [0, 0.05) is 38.5 Å². The van der Waals surface area contributed by atoms with E-state index < -0.39 is 11.6 Å². The third-order valence-electron chi connectivity index (χ3n) is 5.46. The topological polar surface area (TPSA) is 79.3 Å². The standard InChI is InChI=1S/C22H32N2O5.C2H6/c1-22(2,3)29-21(27)23-11-8-16(9-12-23)15-28-19-10-13-24(14-19)18-6-4-17(5-7-18)20(25)26;1-2/h4-7,16,19H,8-15H2,1-3H3,(H,25,26);1-2H3. The van der Waals surface area contributed by atoms with Gasteiger partial charge in [-0.3, -0.25) is 0 Å². The van der Waals surface area contributed by atoms with Crippen LogP contribution in [-0.2, 0) is 9.47 Å². The molecule has 3 rings (SSSR count). The van der Waals surface area contributed by atoms with Crippen LogP contribution in [0.4, 0.5) is 10.5 Å². The Bertz CT molecular complexity index is 706. The molecule has 0 aromatic heterocycles. The molecule has 2 aliphatic heterocycles. The predicted molar refractivity (Wildman–Crippen MR) is 122 cm³/mol. The van der Waals surface area contributed by atoms with Crippen molar-refractivity contribution >= 4 is 17.7 Å². The van der Waals surface area contributed by atoms with E-state index in [0.717, 1.165) is 57.7 Å². The summed E-state index contributed by atoms with van der Waals surface area (Å²) in [5, 5.41) is 9.01. The molecule has 1 amide bonds. The van der Waals surface area contributed by atoms with Crippen LogP contribution in [0.15, 0.2) is 24.3 Å². The monoisotopic (exact) mass is 434 g/mol. The van der Waals surface area contributed by atoms with E-state index in [1.165, 1.54) is 0 Å². The van der Waals surface area contributed by atoms with Gasteiger partial charge in [0.15, 0.2) is 0 Å². The van der Waals surface area contributed by atoms with Crippen LogP contribution in [0.5, 0.6) is 0 Å². The van der Waals surface area contributed by atoms with Gasteiger partial charge >= 0.3 is 12.1 Å². The maximum atomic E-state index is 12.2. The maximum Gasteiger partial charge on any atom is 0.410 e. The van der Waals surface area contributed by atoms with Crippen LogP contribution in [0.2, 0.25) is 0 Å². The van der Waals surface area contributed by atoms with Crippen LogP contribution in [0.1, 0.15) is 64.2 Å². The van der Waals surface area contributed by atoms with Gasteiger partial charge < -0.3 is 24.4 Å². The zero-order valence-electron chi connectivity index (χ0n) is 19.6. The number of carbonyl (C=O) groups excluding carboxylic acids is 1. The van der Waals surface area contributed by atoms with Crippen LogP contribution in [0, 0.1) is 5.92 Å². The number of hydrogen-bond donors (Lipinski definition) is 1. The number of piperidine rings is 1. The van der Waals surface area contributed by atoms with Crippen molar-refractivity contribution < 1.29 is 24.2 Å². The summed E-state index contributed by atoms with van der Waals surface area (Å²) < 4.78 is 11.6. The Morgan fingerprint density at radius 1 is 1.03 bits per heavy atom. The lowest BCUT2D eigenvalue weighted by Crippen LogP contribution is -2.42. The minimum Gasteiger partial charge on any atom is -0.478 e. The van der Waals surface area contributed by atoms with Crippen molar-refractivity contribution in [3.8, 4) is 0 Å². The summed E-state index contributed by atoms with van der Waals surface area (Å²) in [4.78, 5) is 27.2. The van der Waals surface area contributed by atoms with Gasteiger partial charge in [-0.1, -0.05) is 13.8 Å². The zero-order chi connectivity index (χ0) is 23.0. The Morgan fingerprint density at radius 2 is 1.65 bits per heavy atom. The van der Waals surface area contributed by atoms with E-state index >= 15 is 0 Å². The van der Waals surface area contributed by atoms with E-state index in [0.29, 0.717) is 11.5 Å². The second-order valence-corrected chi connectivity index (χ2v) is 8.95. The molecule has 31 heavy (non-hydrogen) atoms. The molecule has 1 unspecified atom stereocenters. The molecule has 0 radical (unpaired) electrons. The van der Waals surface area contributed by atoms with Crippen molar-refractivity contribution in [2.24, 2.45) is 5.92 Å². The molecule has 174 valence electrons. The molecule has 1 aromatic carbocycles. The first-order valence-electron chi connectivity index (χ1n) is 11.4. The van der Waals surface area contributed by atoms with Crippen LogP contribution in [0.3, 0.4) is 0 Å². The number of rotatable bonds is 5. The maximum absolute atomic E-state index is 12.2. The number of carboxylic acids is 1.